The lowest BCUT2D eigenvalue weighted by Gasteiger charge is -2.03. The van der Waals surface area contributed by atoms with E-state index in [1.807, 2.05) is 0 Å². The second kappa shape index (κ2) is 5.07. The molecule has 0 atom stereocenters. The van der Waals surface area contributed by atoms with Gasteiger partial charge in [-0.15, -0.1) is 0 Å². The van der Waals surface area contributed by atoms with E-state index in [0.717, 1.165) is 5.56 Å². The number of ether oxygens (including phenoxy) is 1. The van der Waals surface area contributed by atoms with Gasteiger partial charge >= 0.3 is 0 Å². The van der Waals surface area contributed by atoms with Crippen LogP contribution >= 0.6 is 0 Å². The Morgan fingerprint density at radius 3 is 2.41 bits per heavy atom. The molecule has 2 aromatic rings. The van der Waals surface area contributed by atoms with E-state index in [9.17, 15) is 4.79 Å². The molecule has 0 fully saturated rings. The highest BCUT2D eigenvalue weighted by molar-refractivity contribution is 5.56. The molecule has 86 valence electrons. The molecule has 0 aliphatic carbocycles. The van der Waals surface area contributed by atoms with Gasteiger partial charge in [0.1, 0.15) is 12.4 Å². The maximum atomic E-state index is 10.1. The van der Waals surface area contributed by atoms with Gasteiger partial charge < -0.3 is 9.84 Å². The number of phenolic OH excluding ortho intramolecular Hbond substituents is 1. The highest BCUT2D eigenvalue weighted by atomic mass is 16.5. The summed E-state index contributed by atoms with van der Waals surface area (Å²) in [7, 11) is 0. The van der Waals surface area contributed by atoms with Crippen molar-refractivity contribution in [1.29, 1.82) is 0 Å². The zero-order chi connectivity index (χ0) is 12.1. The molecule has 1 aromatic carbocycles. The molecule has 1 N–H and O–H groups in total. The molecule has 17 heavy (non-hydrogen) atoms. The van der Waals surface area contributed by atoms with E-state index >= 15 is 0 Å². The van der Waals surface area contributed by atoms with E-state index < -0.39 is 0 Å². The van der Waals surface area contributed by atoms with Crippen LogP contribution in [0.3, 0.4) is 0 Å². The van der Waals surface area contributed by atoms with Crippen molar-refractivity contribution >= 4 is 6.29 Å². The molecule has 0 saturated carbocycles. The molecule has 1 aromatic heterocycles. The van der Waals surface area contributed by atoms with Gasteiger partial charge in [-0.1, -0.05) is 0 Å². The van der Waals surface area contributed by atoms with Crippen LogP contribution in [-0.2, 0) is 4.79 Å². The van der Waals surface area contributed by atoms with Crippen LogP contribution in [0.15, 0.2) is 36.7 Å². The number of aldehydes is 1. The monoisotopic (exact) mass is 230 g/mol. The van der Waals surface area contributed by atoms with Gasteiger partial charge in [-0.3, -0.25) is 4.79 Å². The third kappa shape index (κ3) is 2.78. The molecular weight excluding hydrogens is 220 g/mol. The highest BCUT2D eigenvalue weighted by Crippen LogP contribution is 2.19. The number of rotatable bonds is 4. The first-order chi connectivity index (χ1) is 8.29. The summed E-state index contributed by atoms with van der Waals surface area (Å²) in [6.45, 7) is -0.0120. The van der Waals surface area contributed by atoms with E-state index in [1.165, 1.54) is 12.4 Å². The van der Waals surface area contributed by atoms with Crippen molar-refractivity contribution < 1.29 is 14.6 Å². The lowest BCUT2D eigenvalue weighted by molar-refractivity contribution is -0.109. The van der Waals surface area contributed by atoms with Crippen LogP contribution < -0.4 is 4.74 Å². The number of aromatic nitrogens is 2. The van der Waals surface area contributed by atoms with Gasteiger partial charge in [-0.2, -0.15) is 0 Å². The van der Waals surface area contributed by atoms with Crippen LogP contribution in [0.25, 0.3) is 11.4 Å². The van der Waals surface area contributed by atoms with E-state index in [4.69, 9.17) is 9.84 Å². The maximum Gasteiger partial charge on any atom is 0.159 e. The second-order valence-corrected chi connectivity index (χ2v) is 3.27. The Bertz CT molecular complexity index is 494. The summed E-state index contributed by atoms with van der Waals surface area (Å²) in [6.07, 6.45) is 3.66. The molecule has 2 rings (SSSR count). The first-order valence-corrected chi connectivity index (χ1v) is 4.97. The Kier molecular flexibility index (Phi) is 3.30. The van der Waals surface area contributed by atoms with Gasteiger partial charge in [0.25, 0.3) is 0 Å². The van der Waals surface area contributed by atoms with Crippen molar-refractivity contribution in [2.45, 2.75) is 0 Å². The minimum Gasteiger partial charge on any atom is -0.508 e. The Morgan fingerprint density at radius 1 is 1.18 bits per heavy atom. The Hall–Kier alpha value is -2.43. The van der Waals surface area contributed by atoms with E-state index in [2.05, 4.69) is 9.97 Å². The number of carbonyl (C=O) groups is 1. The zero-order valence-corrected chi connectivity index (χ0v) is 8.91. The third-order valence-corrected chi connectivity index (χ3v) is 2.07. The van der Waals surface area contributed by atoms with Crippen molar-refractivity contribution in [1.82, 2.24) is 9.97 Å². The topological polar surface area (TPSA) is 72.3 Å². The summed E-state index contributed by atoms with van der Waals surface area (Å²) >= 11 is 0. The lowest BCUT2D eigenvalue weighted by atomic mass is 10.2. The number of hydrogen-bond acceptors (Lipinski definition) is 5. The fourth-order valence-corrected chi connectivity index (χ4v) is 1.28. The Balaban J connectivity index is 2.17. The maximum absolute atomic E-state index is 10.1. The van der Waals surface area contributed by atoms with Crippen LogP contribution in [0.4, 0.5) is 0 Å². The second-order valence-electron chi connectivity index (χ2n) is 3.27. The summed E-state index contributed by atoms with van der Waals surface area (Å²) in [6, 6.07) is 6.57. The highest BCUT2D eigenvalue weighted by Gasteiger charge is 2.01. The van der Waals surface area contributed by atoms with E-state index in [-0.39, 0.29) is 12.4 Å². The Labute approximate surface area is 97.7 Å². The smallest absolute Gasteiger partial charge is 0.159 e. The number of phenols is 1. The van der Waals surface area contributed by atoms with Crippen molar-refractivity contribution in [3.63, 3.8) is 0 Å². The van der Waals surface area contributed by atoms with Crippen LogP contribution in [0.5, 0.6) is 11.5 Å². The van der Waals surface area contributed by atoms with Crippen molar-refractivity contribution in [2.75, 3.05) is 6.61 Å². The molecule has 1 heterocycles. The standard InChI is InChI=1S/C12H10N2O3/c15-5-6-17-11-7-13-12(14-8-11)9-1-3-10(16)4-2-9/h1-5,7-8,16H,6H2. The minimum absolute atomic E-state index is 0.0120. The van der Waals surface area contributed by atoms with Gasteiger partial charge in [0.15, 0.2) is 17.9 Å². The van der Waals surface area contributed by atoms with Gasteiger partial charge in [0.2, 0.25) is 0 Å². The SMILES string of the molecule is O=CCOc1cnc(-c2ccc(O)cc2)nc1. The molecule has 0 spiro atoms. The summed E-state index contributed by atoms with van der Waals surface area (Å²) < 4.78 is 5.03. The zero-order valence-electron chi connectivity index (χ0n) is 8.91. The fraction of sp³-hybridized carbons (Fsp3) is 0.0833. The molecule has 0 amide bonds. The van der Waals surface area contributed by atoms with Crippen LogP contribution in [0.1, 0.15) is 0 Å². The Morgan fingerprint density at radius 2 is 1.82 bits per heavy atom. The number of nitrogens with zero attached hydrogens (tertiary/aromatic N) is 2. The van der Waals surface area contributed by atoms with Gasteiger partial charge in [-0.05, 0) is 24.3 Å². The van der Waals surface area contributed by atoms with Gasteiger partial charge in [0.05, 0.1) is 12.4 Å². The number of carbonyl (C=O) groups excluding carboxylic acids is 1. The van der Waals surface area contributed by atoms with Crippen molar-refractivity contribution in [3.05, 3.63) is 36.7 Å². The van der Waals surface area contributed by atoms with Crippen LogP contribution in [0.2, 0.25) is 0 Å². The van der Waals surface area contributed by atoms with Crippen molar-refractivity contribution in [2.24, 2.45) is 0 Å². The summed E-state index contributed by atoms with van der Waals surface area (Å²) in [5.74, 6) is 1.17. The molecule has 5 heteroatoms. The largest absolute Gasteiger partial charge is 0.508 e. The van der Waals surface area contributed by atoms with Gasteiger partial charge in [0, 0.05) is 5.56 Å². The van der Waals surface area contributed by atoms with Gasteiger partial charge in [-0.25, -0.2) is 9.97 Å². The lowest BCUT2D eigenvalue weighted by Crippen LogP contribution is -1.99. The van der Waals surface area contributed by atoms with Crippen LogP contribution in [-0.4, -0.2) is 28.0 Å². The minimum atomic E-state index is -0.0120. The molecular formula is C12H10N2O3. The molecule has 0 unspecified atom stereocenters. The molecule has 0 aliphatic rings. The van der Waals surface area contributed by atoms with E-state index in [1.54, 1.807) is 24.3 Å². The summed E-state index contributed by atoms with van der Waals surface area (Å²) in [5, 5.41) is 9.15. The predicted octanol–water partition coefficient (Wildman–Crippen LogP) is 1.43. The van der Waals surface area contributed by atoms with Crippen molar-refractivity contribution in [3.8, 4) is 22.9 Å². The normalized spacial score (nSPS) is 9.88. The molecule has 0 radical (unpaired) electrons. The first-order valence-electron chi connectivity index (χ1n) is 4.97. The quantitative estimate of drug-likeness (QED) is 0.804. The number of benzene rings is 1. The average Bonchev–Trinajstić information content (AvgIpc) is 2.38. The van der Waals surface area contributed by atoms with E-state index in [0.29, 0.717) is 17.9 Å². The fourth-order valence-electron chi connectivity index (χ4n) is 1.28. The summed E-state index contributed by atoms with van der Waals surface area (Å²) in [4.78, 5) is 18.3. The number of aromatic hydroxyl groups is 1. The molecule has 0 aliphatic heterocycles. The average molecular weight is 230 g/mol. The molecule has 0 bridgehead atoms. The predicted molar refractivity (Wildman–Crippen MR) is 60.7 cm³/mol. The van der Waals surface area contributed by atoms with Crippen LogP contribution in [0, 0.1) is 0 Å². The molecule has 5 nitrogen and oxygen atoms in total. The molecule has 0 saturated heterocycles. The number of hydrogen-bond donors (Lipinski definition) is 1. The third-order valence-electron chi connectivity index (χ3n) is 2.07. The summed E-state index contributed by atoms with van der Waals surface area (Å²) in [5.41, 5.74) is 0.796. The first kappa shape index (κ1) is 11.1.